The molecule has 0 radical (unpaired) electrons. The van der Waals surface area contributed by atoms with Crippen LogP contribution in [0.2, 0.25) is 0 Å². The highest BCUT2D eigenvalue weighted by atomic mass is 16.2. The number of amides is 2. The van der Waals surface area contributed by atoms with Crippen LogP contribution in [0.5, 0.6) is 0 Å². The fourth-order valence-corrected chi connectivity index (χ4v) is 3.25. The standard InChI is InChI=1S/C15H28N2O/c1-12-8-10-17(11-9-12)15(18)16-13(2)14-6-4-3-5-7-14/h12-14H,3-11H2,1-2H3,(H,16,18). The van der Waals surface area contributed by atoms with E-state index in [-0.39, 0.29) is 6.03 Å². The summed E-state index contributed by atoms with van der Waals surface area (Å²) in [5.74, 6) is 1.48. The van der Waals surface area contributed by atoms with Crippen LogP contribution in [0.25, 0.3) is 0 Å². The summed E-state index contributed by atoms with van der Waals surface area (Å²) < 4.78 is 0. The molecule has 3 nitrogen and oxygen atoms in total. The SMILES string of the molecule is CC1CCN(C(=O)NC(C)C2CCCCC2)CC1. The normalized spacial score (nSPS) is 24.9. The Bertz CT molecular complexity index is 266. The van der Waals surface area contributed by atoms with Crippen LogP contribution in [0, 0.1) is 11.8 Å². The number of hydrogen-bond donors (Lipinski definition) is 1. The van der Waals surface area contributed by atoms with Gasteiger partial charge in [-0.25, -0.2) is 4.79 Å². The van der Waals surface area contributed by atoms with Crippen molar-refractivity contribution in [1.29, 1.82) is 0 Å². The second kappa shape index (κ2) is 6.44. The van der Waals surface area contributed by atoms with Gasteiger partial charge in [0.15, 0.2) is 0 Å². The lowest BCUT2D eigenvalue weighted by molar-refractivity contribution is 0.164. The van der Waals surface area contributed by atoms with E-state index >= 15 is 0 Å². The highest BCUT2D eigenvalue weighted by Gasteiger charge is 2.25. The molecule has 1 N–H and O–H groups in total. The van der Waals surface area contributed by atoms with E-state index in [2.05, 4.69) is 19.2 Å². The monoisotopic (exact) mass is 252 g/mol. The third kappa shape index (κ3) is 3.63. The number of nitrogens with one attached hydrogen (secondary N) is 1. The molecule has 0 spiro atoms. The molecule has 104 valence electrons. The summed E-state index contributed by atoms with van der Waals surface area (Å²) >= 11 is 0. The summed E-state index contributed by atoms with van der Waals surface area (Å²) in [6, 6.07) is 0.511. The molecule has 1 atom stereocenters. The Morgan fingerprint density at radius 1 is 1.11 bits per heavy atom. The second-order valence-corrected chi connectivity index (χ2v) is 6.31. The predicted molar refractivity (Wildman–Crippen MR) is 74.5 cm³/mol. The van der Waals surface area contributed by atoms with E-state index in [1.54, 1.807) is 0 Å². The van der Waals surface area contributed by atoms with Gasteiger partial charge < -0.3 is 10.2 Å². The Balaban J connectivity index is 1.75. The van der Waals surface area contributed by atoms with Crippen LogP contribution in [0.4, 0.5) is 4.79 Å². The minimum atomic E-state index is 0.167. The van der Waals surface area contributed by atoms with Crippen molar-refractivity contribution < 1.29 is 4.79 Å². The van der Waals surface area contributed by atoms with Gasteiger partial charge in [-0.1, -0.05) is 26.2 Å². The van der Waals surface area contributed by atoms with E-state index < -0.39 is 0 Å². The highest BCUT2D eigenvalue weighted by Crippen LogP contribution is 2.26. The molecule has 2 fully saturated rings. The largest absolute Gasteiger partial charge is 0.335 e. The van der Waals surface area contributed by atoms with E-state index in [4.69, 9.17) is 0 Å². The number of rotatable bonds is 2. The van der Waals surface area contributed by atoms with Crippen LogP contribution in [-0.4, -0.2) is 30.1 Å². The molecule has 18 heavy (non-hydrogen) atoms. The van der Waals surface area contributed by atoms with Gasteiger partial charge in [-0.05, 0) is 44.4 Å². The van der Waals surface area contributed by atoms with E-state index in [0.717, 1.165) is 31.8 Å². The van der Waals surface area contributed by atoms with Crippen molar-refractivity contribution in [3.63, 3.8) is 0 Å². The number of carbonyl (C=O) groups is 1. The number of piperidine rings is 1. The maximum atomic E-state index is 12.2. The van der Waals surface area contributed by atoms with Gasteiger partial charge in [0.05, 0.1) is 0 Å². The Hall–Kier alpha value is -0.730. The number of carbonyl (C=O) groups excluding carboxylic acids is 1. The summed E-state index contributed by atoms with van der Waals surface area (Å²) in [5.41, 5.74) is 0. The van der Waals surface area contributed by atoms with Gasteiger partial charge in [0.1, 0.15) is 0 Å². The highest BCUT2D eigenvalue weighted by molar-refractivity contribution is 5.74. The van der Waals surface area contributed by atoms with Crippen LogP contribution in [0.15, 0.2) is 0 Å². The third-order valence-electron chi connectivity index (χ3n) is 4.78. The fraction of sp³-hybridized carbons (Fsp3) is 0.933. The van der Waals surface area contributed by atoms with E-state index in [0.29, 0.717) is 12.0 Å². The van der Waals surface area contributed by atoms with Crippen molar-refractivity contribution in [1.82, 2.24) is 10.2 Å². The first kappa shape index (κ1) is 13.7. The molecular formula is C15H28N2O. The molecule has 1 saturated heterocycles. The fourth-order valence-electron chi connectivity index (χ4n) is 3.25. The first-order chi connectivity index (χ1) is 8.66. The topological polar surface area (TPSA) is 32.3 Å². The van der Waals surface area contributed by atoms with Gasteiger partial charge in [0, 0.05) is 19.1 Å². The van der Waals surface area contributed by atoms with Gasteiger partial charge in [0.2, 0.25) is 0 Å². The lowest BCUT2D eigenvalue weighted by atomic mass is 9.84. The minimum absolute atomic E-state index is 0.167. The maximum Gasteiger partial charge on any atom is 0.317 e. The number of nitrogens with zero attached hydrogens (tertiary/aromatic N) is 1. The number of urea groups is 1. The van der Waals surface area contributed by atoms with Crippen LogP contribution in [0.1, 0.15) is 58.8 Å². The molecular weight excluding hydrogens is 224 g/mol. The maximum absolute atomic E-state index is 12.2. The van der Waals surface area contributed by atoms with Gasteiger partial charge >= 0.3 is 6.03 Å². The average molecular weight is 252 g/mol. The molecule has 1 aliphatic heterocycles. The zero-order valence-electron chi connectivity index (χ0n) is 12.0. The molecule has 0 aromatic heterocycles. The van der Waals surface area contributed by atoms with Crippen LogP contribution < -0.4 is 5.32 Å². The smallest absolute Gasteiger partial charge is 0.317 e. The Kier molecular flexibility index (Phi) is 4.90. The quantitative estimate of drug-likeness (QED) is 0.802. The van der Waals surface area contributed by atoms with Crippen LogP contribution >= 0.6 is 0 Å². The molecule has 1 heterocycles. The molecule has 1 unspecified atom stereocenters. The van der Waals surface area contributed by atoms with Gasteiger partial charge in [0.25, 0.3) is 0 Å². The van der Waals surface area contributed by atoms with Crippen molar-refractivity contribution in [2.24, 2.45) is 11.8 Å². The first-order valence-electron chi connectivity index (χ1n) is 7.72. The van der Waals surface area contributed by atoms with Crippen molar-refractivity contribution in [3.8, 4) is 0 Å². The molecule has 1 aliphatic carbocycles. The summed E-state index contributed by atoms with van der Waals surface area (Å²) in [4.78, 5) is 14.2. The number of likely N-dealkylation sites (tertiary alicyclic amines) is 1. The van der Waals surface area contributed by atoms with Gasteiger partial charge in [-0.15, -0.1) is 0 Å². The lowest BCUT2D eigenvalue weighted by Gasteiger charge is -2.34. The summed E-state index contributed by atoms with van der Waals surface area (Å²) in [6.45, 7) is 6.33. The van der Waals surface area contributed by atoms with E-state index in [1.807, 2.05) is 4.90 Å². The van der Waals surface area contributed by atoms with Gasteiger partial charge in [-0.2, -0.15) is 0 Å². The Labute approximate surface area is 111 Å². The zero-order valence-corrected chi connectivity index (χ0v) is 12.0. The molecule has 2 rings (SSSR count). The average Bonchev–Trinajstić information content (AvgIpc) is 2.40. The summed E-state index contributed by atoms with van der Waals surface area (Å²) in [7, 11) is 0. The first-order valence-corrected chi connectivity index (χ1v) is 7.72. The van der Waals surface area contributed by atoms with Gasteiger partial charge in [-0.3, -0.25) is 0 Å². The predicted octanol–water partition coefficient (Wildman–Crippen LogP) is 3.40. The summed E-state index contributed by atoms with van der Waals surface area (Å²) in [5, 5.41) is 3.22. The van der Waals surface area contributed by atoms with Crippen LogP contribution in [0.3, 0.4) is 0 Å². The van der Waals surface area contributed by atoms with E-state index in [9.17, 15) is 4.79 Å². The molecule has 3 heteroatoms. The number of hydrogen-bond acceptors (Lipinski definition) is 1. The summed E-state index contributed by atoms with van der Waals surface area (Å²) in [6.07, 6.45) is 8.95. The third-order valence-corrected chi connectivity index (χ3v) is 4.78. The van der Waals surface area contributed by atoms with Crippen LogP contribution in [-0.2, 0) is 0 Å². The molecule has 1 saturated carbocycles. The van der Waals surface area contributed by atoms with Crippen molar-refractivity contribution in [2.75, 3.05) is 13.1 Å². The van der Waals surface area contributed by atoms with Crippen molar-refractivity contribution in [2.45, 2.75) is 64.8 Å². The molecule has 2 amide bonds. The molecule has 0 bridgehead atoms. The zero-order chi connectivity index (χ0) is 13.0. The van der Waals surface area contributed by atoms with Crippen molar-refractivity contribution >= 4 is 6.03 Å². The molecule has 0 aromatic carbocycles. The minimum Gasteiger partial charge on any atom is -0.335 e. The van der Waals surface area contributed by atoms with E-state index in [1.165, 1.54) is 32.1 Å². The lowest BCUT2D eigenvalue weighted by Crippen LogP contribution is -2.49. The Morgan fingerprint density at radius 3 is 2.33 bits per heavy atom. The Morgan fingerprint density at radius 2 is 1.72 bits per heavy atom. The van der Waals surface area contributed by atoms with Crippen molar-refractivity contribution in [3.05, 3.63) is 0 Å². The molecule has 2 aliphatic rings. The molecule has 0 aromatic rings. The second-order valence-electron chi connectivity index (χ2n) is 6.31.